The van der Waals surface area contributed by atoms with E-state index >= 15 is 0 Å². The maximum atomic E-state index is 8.98. The van der Waals surface area contributed by atoms with Crippen LogP contribution >= 0.6 is 23.2 Å². The van der Waals surface area contributed by atoms with Crippen LogP contribution in [-0.2, 0) is 4.74 Å². The van der Waals surface area contributed by atoms with Crippen LogP contribution in [0.4, 0.5) is 4.79 Å². The van der Waals surface area contributed by atoms with Crippen LogP contribution in [0.5, 0.6) is 0 Å². The highest BCUT2D eigenvalue weighted by Gasteiger charge is 1.91. The lowest BCUT2D eigenvalue weighted by molar-refractivity contribution is 0.162. The van der Waals surface area contributed by atoms with E-state index in [1.165, 1.54) is 11.1 Å². The fourth-order valence-electron chi connectivity index (χ4n) is 1.47. The third-order valence-electron chi connectivity index (χ3n) is 2.29. The van der Waals surface area contributed by atoms with E-state index in [9.17, 15) is 0 Å². The van der Waals surface area contributed by atoms with E-state index in [0.29, 0.717) is 0 Å². The molecule has 0 saturated carbocycles. The van der Waals surface area contributed by atoms with Gasteiger partial charge < -0.3 is 4.74 Å². The molecule has 0 spiro atoms. The van der Waals surface area contributed by atoms with Crippen molar-refractivity contribution in [1.29, 1.82) is 0 Å². The Bertz CT molecular complexity index is 429. The summed E-state index contributed by atoms with van der Waals surface area (Å²) in [6.45, 7) is 5.67. The lowest BCUT2D eigenvalue weighted by Gasteiger charge is -1.98. The Morgan fingerprint density at radius 2 is 1.10 bits per heavy atom. The first-order chi connectivity index (χ1) is 10.1. The van der Waals surface area contributed by atoms with Crippen molar-refractivity contribution < 1.29 is 9.53 Å². The number of carbonyl (C=O) groups excluding carboxylic acids is 1. The minimum atomic E-state index is -0.889. The summed E-state index contributed by atoms with van der Waals surface area (Å²) >= 11 is 8.80. The molecule has 0 saturated heterocycles. The molecule has 0 bridgehead atoms. The van der Waals surface area contributed by atoms with Crippen LogP contribution in [0, 0.1) is 0 Å². The number of rotatable bonds is 3. The lowest BCUT2D eigenvalue weighted by atomic mass is 10.1. The van der Waals surface area contributed by atoms with Crippen molar-refractivity contribution in [2.45, 2.75) is 13.8 Å². The van der Waals surface area contributed by atoms with Crippen molar-refractivity contribution >= 4 is 27.9 Å². The molecule has 4 heteroatoms. The number of halogens is 2. The molecule has 0 unspecified atom stereocenters. The van der Waals surface area contributed by atoms with E-state index < -0.39 is 4.70 Å². The molecule has 114 valence electrons. The van der Waals surface area contributed by atoms with Gasteiger partial charge in [0.2, 0.25) is 0 Å². The van der Waals surface area contributed by atoms with Gasteiger partial charge in [-0.2, -0.15) is 0 Å². The summed E-state index contributed by atoms with van der Waals surface area (Å²) in [6, 6.07) is 20.8. The van der Waals surface area contributed by atoms with Gasteiger partial charge in [-0.15, -0.1) is 0 Å². The van der Waals surface area contributed by atoms with Gasteiger partial charge in [-0.1, -0.05) is 60.7 Å². The minimum absolute atomic E-state index is 0.844. The fourth-order valence-corrected chi connectivity index (χ4v) is 1.47. The zero-order valence-electron chi connectivity index (χ0n) is 12.3. The second kappa shape index (κ2) is 13.6. The van der Waals surface area contributed by atoms with Crippen LogP contribution in [0.25, 0.3) is 11.1 Å². The standard InChI is InChI=1S/C12H10.C4H10O.CCl2O/c1-3-7-11(8-4-1)12-9-5-2-6-10-12;1-3-5-4-2;2-1(3)4/h1-10H;3-4H2,1-2H3;. The van der Waals surface area contributed by atoms with Gasteiger partial charge in [0.25, 0.3) is 0 Å². The average molecular weight is 327 g/mol. The summed E-state index contributed by atoms with van der Waals surface area (Å²) in [6.07, 6.45) is 0. The molecule has 21 heavy (non-hydrogen) atoms. The molecule has 0 N–H and O–H groups in total. The Morgan fingerprint density at radius 1 is 0.810 bits per heavy atom. The third-order valence-corrected chi connectivity index (χ3v) is 2.29. The topological polar surface area (TPSA) is 26.3 Å². The summed E-state index contributed by atoms with van der Waals surface area (Å²) in [4.78, 5) is 8.98. The van der Waals surface area contributed by atoms with Crippen molar-refractivity contribution in [3.05, 3.63) is 60.7 Å². The zero-order chi connectivity index (χ0) is 15.9. The number of benzene rings is 2. The van der Waals surface area contributed by atoms with E-state index in [1.807, 2.05) is 26.0 Å². The average Bonchev–Trinajstić information content (AvgIpc) is 2.50. The molecule has 2 nitrogen and oxygen atoms in total. The van der Waals surface area contributed by atoms with Crippen molar-refractivity contribution in [2.24, 2.45) is 0 Å². The summed E-state index contributed by atoms with van der Waals surface area (Å²) in [7, 11) is 0. The summed E-state index contributed by atoms with van der Waals surface area (Å²) in [5.74, 6) is 0. The van der Waals surface area contributed by atoms with Crippen LogP contribution < -0.4 is 0 Å². The molecule has 0 aliphatic carbocycles. The number of hydrogen-bond acceptors (Lipinski definition) is 2. The second-order valence-corrected chi connectivity index (χ2v) is 4.62. The highest BCUT2D eigenvalue weighted by atomic mass is 35.5. The summed E-state index contributed by atoms with van der Waals surface area (Å²) in [5, 5.41) is 0. The molecule has 2 rings (SSSR count). The first-order valence-electron chi connectivity index (χ1n) is 6.65. The third kappa shape index (κ3) is 12.1. The van der Waals surface area contributed by atoms with Gasteiger partial charge in [0.15, 0.2) is 0 Å². The number of ether oxygens (including phenoxy) is 1. The Labute approximate surface area is 136 Å². The van der Waals surface area contributed by atoms with Gasteiger partial charge in [-0.05, 0) is 48.2 Å². The summed E-state index contributed by atoms with van der Waals surface area (Å²) in [5.41, 5.74) is 2.55. The maximum Gasteiger partial charge on any atom is 0.313 e. The Hall–Kier alpha value is -1.35. The second-order valence-electron chi connectivity index (χ2n) is 3.74. The molecule has 2 aromatic carbocycles. The van der Waals surface area contributed by atoms with Gasteiger partial charge in [-0.25, -0.2) is 0 Å². The Morgan fingerprint density at radius 3 is 1.29 bits per heavy atom. The first-order valence-corrected chi connectivity index (χ1v) is 7.40. The van der Waals surface area contributed by atoms with Gasteiger partial charge in [0, 0.05) is 13.2 Å². The molecule has 2 aromatic rings. The van der Waals surface area contributed by atoms with E-state index in [0.717, 1.165) is 13.2 Å². The van der Waals surface area contributed by atoms with Gasteiger partial charge in [0.1, 0.15) is 0 Å². The van der Waals surface area contributed by atoms with Gasteiger partial charge >= 0.3 is 4.70 Å². The number of hydrogen-bond donors (Lipinski definition) is 0. The minimum Gasteiger partial charge on any atom is -0.382 e. The van der Waals surface area contributed by atoms with E-state index in [-0.39, 0.29) is 0 Å². The van der Waals surface area contributed by atoms with E-state index in [4.69, 9.17) is 9.53 Å². The van der Waals surface area contributed by atoms with Gasteiger partial charge in [-0.3, -0.25) is 4.79 Å². The van der Waals surface area contributed by atoms with Crippen LogP contribution in [0.3, 0.4) is 0 Å². The predicted molar refractivity (Wildman–Crippen MR) is 91.1 cm³/mol. The van der Waals surface area contributed by atoms with E-state index in [2.05, 4.69) is 71.7 Å². The van der Waals surface area contributed by atoms with Gasteiger partial charge in [0.05, 0.1) is 0 Å². The summed E-state index contributed by atoms with van der Waals surface area (Å²) < 4.78 is 3.94. The normalized spacial score (nSPS) is 8.76. The molecule has 0 aliphatic rings. The van der Waals surface area contributed by atoms with Crippen LogP contribution in [0.2, 0.25) is 0 Å². The molecule has 0 radical (unpaired) electrons. The largest absolute Gasteiger partial charge is 0.382 e. The van der Waals surface area contributed by atoms with Crippen LogP contribution in [0.1, 0.15) is 13.8 Å². The molecular weight excluding hydrogens is 307 g/mol. The Balaban J connectivity index is 0.000000374. The maximum absolute atomic E-state index is 8.98. The van der Waals surface area contributed by atoms with Crippen molar-refractivity contribution in [2.75, 3.05) is 13.2 Å². The Kier molecular flexibility index (Phi) is 12.7. The highest BCUT2D eigenvalue weighted by Crippen LogP contribution is 2.17. The quantitative estimate of drug-likeness (QED) is 0.648. The molecule has 0 aromatic heterocycles. The fraction of sp³-hybridized carbons (Fsp3) is 0.235. The predicted octanol–water partition coefficient (Wildman–Crippen LogP) is 5.98. The zero-order valence-corrected chi connectivity index (χ0v) is 13.8. The molecule has 0 fully saturated rings. The van der Waals surface area contributed by atoms with Crippen LogP contribution in [-0.4, -0.2) is 17.9 Å². The highest BCUT2D eigenvalue weighted by molar-refractivity contribution is 6.93. The van der Waals surface area contributed by atoms with Crippen LogP contribution in [0.15, 0.2) is 60.7 Å². The first kappa shape index (κ1) is 19.7. The smallest absolute Gasteiger partial charge is 0.313 e. The monoisotopic (exact) mass is 326 g/mol. The van der Waals surface area contributed by atoms with Crippen molar-refractivity contribution in [1.82, 2.24) is 0 Å². The molecule has 0 heterocycles. The number of carbonyl (C=O) groups is 1. The van der Waals surface area contributed by atoms with Crippen molar-refractivity contribution in [3.8, 4) is 11.1 Å². The van der Waals surface area contributed by atoms with E-state index in [1.54, 1.807) is 0 Å². The SMILES string of the molecule is CCOCC.O=C(Cl)Cl.c1ccc(-c2ccccc2)cc1. The molecule has 0 atom stereocenters. The molecule has 0 aliphatic heterocycles. The molecule has 0 amide bonds. The molecular formula is C17H20Cl2O2. The lowest BCUT2D eigenvalue weighted by Crippen LogP contribution is -1.84. The van der Waals surface area contributed by atoms with Crippen molar-refractivity contribution in [3.63, 3.8) is 0 Å².